The number of amides is 1. The molecule has 1 aliphatic heterocycles. The van der Waals surface area contributed by atoms with Crippen molar-refractivity contribution < 1.29 is 4.79 Å². The molecule has 0 aromatic carbocycles. The number of carbonyl (C=O) groups excluding carboxylic acids is 1. The number of hydrogen-bond acceptors (Lipinski definition) is 7. The van der Waals surface area contributed by atoms with Crippen LogP contribution in [0.4, 0.5) is 11.4 Å². The summed E-state index contributed by atoms with van der Waals surface area (Å²) in [4.78, 5) is 36.9. The van der Waals surface area contributed by atoms with E-state index in [-0.39, 0.29) is 5.91 Å². The summed E-state index contributed by atoms with van der Waals surface area (Å²) < 4.78 is 0. The fourth-order valence-corrected chi connectivity index (χ4v) is 6.18. The minimum Gasteiger partial charge on any atom is -0.370 e. The first-order chi connectivity index (χ1) is 19.7. The molecule has 0 spiro atoms. The molecule has 10 nitrogen and oxygen atoms in total. The molecule has 0 atom stereocenters. The summed E-state index contributed by atoms with van der Waals surface area (Å²) in [5, 5.41) is 11.6. The monoisotopic (exact) mass is 535 g/mol. The van der Waals surface area contributed by atoms with Crippen LogP contribution in [0.5, 0.6) is 0 Å². The van der Waals surface area contributed by atoms with E-state index in [1.54, 1.807) is 18.6 Å². The maximum atomic E-state index is 12.7. The van der Waals surface area contributed by atoms with Gasteiger partial charge in [0.15, 0.2) is 11.5 Å². The molecule has 2 fully saturated rings. The van der Waals surface area contributed by atoms with Gasteiger partial charge in [-0.3, -0.25) is 19.9 Å². The molecule has 1 aliphatic carbocycles. The van der Waals surface area contributed by atoms with Crippen LogP contribution in [0.25, 0.3) is 44.8 Å². The van der Waals surface area contributed by atoms with Crippen molar-refractivity contribution in [1.82, 2.24) is 35.1 Å². The maximum Gasteiger partial charge on any atom is 0.224 e. The van der Waals surface area contributed by atoms with Crippen molar-refractivity contribution in [1.29, 1.82) is 0 Å². The van der Waals surface area contributed by atoms with Gasteiger partial charge in [-0.15, -0.1) is 0 Å². The molecule has 1 amide bonds. The third-order valence-corrected chi connectivity index (χ3v) is 8.25. The molecule has 0 radical (unpaired) electrons. The maximum absolute atomic E-state index is 12.7. The number of fused-ring (bicyclic) bond motifs is 2. The average Bonchev–Trinajstić information content (AvgIpc) is 3.62. The van der Waals surface area contributed by atoms with Gasteiger partial charge in [0.05, 0.1) is 35.0 Å². The van der Waals surface area contributed by atoms with Crippen molar-refractivity contribution >= 4 is 39.3 Å². The van der Waals surface area contributed by atoms with Gasteiger partial charge in [0, 0.05) is 42.9 Å². The van der Waals surface area contributed by atoms with Gasteiger partial charge >= 0.3 is 0 Å². The first kappa shape index (κ1) is 24.7. The number of rotatable bonds is 6. The molecule has 6 heterocycles. The van der Waals surface area contributed by atoms with E-state index in [0.29, 0.717) is 35.2 Å². The SMILES string of the molecule is O=C(CC1CCCCC1)Nc1cncc(-c2cc3c(-c4nc5nccc(N6CCCCC6)c5[nH]4)n[nH]c3cn2)c1. The van der Waals surface area contributed by atoms with E-state index in [0.717, 1.165) is 59.3 Å². The summed E-state index contributed by atoms with van der Waals surface area (Å²) in [6.45, 7) is 2.09. The van der Waals surface area contributed by atoms with Crippen LogP contribution in [-0.4, -0.2) is 54.1 Å². The van der Waals surface area contributed by atoms with Gasteiger partial charge in [0.25, 0.3) is 0 Å². The third-order valence-electron chi connectivity index (χ3n) is 8.25. The van der Waals surface area contributed by atoms with E-state index in [2.05, 4.69) is 46.4 Å². The molecule has 5 aromatic heterocycles. The third kappa shape index (κ3) is 4.89. The number of nitrogens with zero attached hydrogens (tertiary/aromatic N) is 6. The van der Waals surface area contributed by atoms with Crippen molar-refractivity contribution in [3.63, 3.8) is 0 Å². The smallest absolute Gasteiger partial charge is 0.224 e. The minimum absolute atomic E-state index is 0.0498. The van der Waals surface area contributed by atoms with Crippen molar-refractivity contribution in [2.24, 2.45) is 5.92 Å². The van der Waals surface area contributed by atoms with Crippen LogP contribution in [0.3, 0.4) is 0 Å². The Balaban J connectivity index is 1.17. The Bertz CT molecular complexity index is 1660. The van der Waals surface area contributed by atoms with Gasteiger partial charge in [-0.25, -0.2) is 9.97 Å². The molecule has 0 unspecified atom stereocenters. The Morgan fingerprint density at radius 2 is 1.85 bits per heavy atom. The minimum atomic E-state index is 0.0498. The second-order valence-corrected chi connectivity index (χ2v) is 11.1. The van der Waals surface area contributed by atoms with Gasteiger partial charge in [-0.2, -0.15) is 5.10 Å². The van der Waals surface area contributed by atoms with Gasteiger partial charge < -0.3 is 15.2 Å². The number of piperidine rings is 1. The molecular formula is C30H33N9O. The van der Waals surface area contributed by atoms with Crippen LogP contribution < -0.4 is 10.2 Å². The summed E-state index contributed by atoms with van der Waals surface area (Å²) in [6, 6.07) is 5.98. The van der Waals surface area contributed by atoms with Crippen molar-refractivity contribution in [3.05, 3.63) is 43.0 Å². The van der Waals surface area contributed by atoms with Gasteiger partial charge in [-0.1, -0.05) is 19.3 Å². The number of H-pyrrole nitrogens is 2. The second kappa shape index (κ2) is 10.7. The van der Waals surface area contributed by atoms with Crippen molar-refractivity contribution in [3.8, 4) is 22.8 Å². The highest BCUT2D eigenvalue weighted by Gasteiger charge is 2.20. The molecule has 3 N–H and O–H groups in total. The number of carbonyl (C=O) groups is 1. The molecule has 1 saturated carbocycles. The zero-order valence-electron chi connectivity index (χ0n) is 22.5. The molecule has 7 rings (SSSR count). The first-order valence-electron chi connectivity index (χ1n) is 14.4. The van der Waals surface area contributed by atoms with Crippen LogP contribution >= 0.6 is 0 Å². The number of pyridine rings is 3. The van der Waals surface area contributed by atoms with Gasteiger partial charge in [-0.05, 0) is 56.2 Å². The van der Waals surface area contributed by atoms with Crippen LogP contribution in [0.15, 0.2) is 43.0 Å². The van der Waals surface area contributed by atoms with Gasteiger partial charge in [0.2, 0.25) is 5.91 Å². The van der Waals surface area contributed by atoms with Crippen LogP contribution in [0.1, 0.15) is 57.8 Å². The molecule has 10 heteroatoms. The summed E-state index contributed by atoms with van der Waals surface area (Å²) in [5.41, 5.74) is 6.53. The quantitative estimate of drug-likeness (QED) is 0.248. The summed E-state index contributed by atoms with van der Waals surface area (Å²) >= 11 is 0. The Hall–Kier alpha value is -4.34. The van der Waals surface area contributed by atoms with E-state index >= 15 is 0 Å². The van der Waals surface area contributed by atoms with Gasteiger partial charge in [0.1, 0.15) is 11.2 Å². The summed E-state index contributed by atoms with van der Waals surface area (Å²) in [5.74, 6) is 1.20. The number of nitrogens with one attached hydrogen (secondary N) is 3. The van der Waals surface area contributed by atoms with E-state index < -0.39 is 0 Å². The topological polar surface area (TPSA) is 128 Å². The van der Waals surface area contributed by atoms with E-state index in [4.69, 9.17) is 4.98 Å². The Kier molecular flexibility index (Phi) is 6.59. The number of aromatic amines is 2. The van der Waals surface area contributed by atoms with Crippen LogP contribution in [0.2, 0.25) is 0 Å². The van der Waals surface area contributed by atoms with E-state index in [1.165, 1.54) is 38.5 Å². The zero-order valence-corrected chi connectivity index (χ0v) is 22.5. The predicted octanol–water partition coefficient (Wildman–Crippen LogP) is 5.86. The Morgan fingerprint density at radius 1 is 1.00 bits per heavy atom. The number of aromatic nitrogens is 7. The average molecular weight is 536 g/mol. The Labute approximate surface area is 232 Å². The number of imidazole rings is 1. The molecule has 0 bridgehead atoms. The lowest BCUT2D eigenvalue weighted by Gasteiger charge is -2.28. The van der Waals surface area contributed by atoms with Crippen LogP contribution in [-0.2, 0) is 4.79 Å². The normalized spacial score (nSPS) is 16.6. The van der Waals surface area contributed by atoms with Crippen molar-refractivity contribution in [2.75, 3.05) is 23.3 Å². The lowest BCUT2D eigenvalue weighted by Crippen LogP contribution is -2.29. The predicted molar refractivity (Wildman–Crippen MR) is 156 cm³/mol. The number of hydrogen-bond donors (Lipinski definition) is 3. The summed E-state index contributed by atoms with van der Waals surface area (Å²) in [7, 11) is 0. The highest BCUT2D eigenvalue weighted by atomic mass is 16.1. The zero-order chi connectivity index (χ0) is 26.9. The summed E-state index contributed by atoms with van der Waals surface area (Å²) in [6.07, 6.45) is 17.3. The molecule has 2 aliphatic rings. The first-order valence-corrected chi connectivity index (χ1v) is 14.4. The fraction of sp³-hybridized carbons (Fsp3) is 0.400. The molecule has 5 aromatic rings. The van der Waals surface area contributed by atoms with E-state index in [9.17, 15) is 4.79 Å². The lowest BCUT2D eigenvalue weighted by atomic mass is 9.87. The molecular weight excluding hydrogens is 502 g/mol. The highest BCUT2D eigenvalue weighted by Crippen LogP contribution is 2.32. The molecule has 1 saturated heterocycles. The molecule has 204 valence electrons. The highest BCUT2D eigenvalue weighted by molar-refractivity contribution is 5.96. The second-order valence-electron chi connectivity index (χ2n) is 11.1. The van der Waals surface area contributed by atoms with E-state index in [1.807, 2.05) is 18.3 Å². The lowest BCUT2D eigenvalue weighted by molar-refractivity contribution is -0.117. The number of anilines is 2. The van der Waals surface area contributed by atoms with Crippen molar-refractivity contribution in [2.45, 2.75) is 57.8 Å². The molecule has 40 heavy (non-hydrogen) atoms. The van der Waals surface area contributed by atoms with Crippen LogP contribution in [0, 0.1) is 5.92 Å². The Morgan fingerprint density at radius 3 is 2.73 bits per heavy atom. The standard InChI is InChI=1S/C30H33N9O/c40-26(13-19-7-3-1-4-8-19)34-21-14-20(16-31-17-21)23-15-22-24(18-33-23)37-38-27(22)30-35-28-25(9-10-32-29(28)36-30)39-11-5-2-6-12-39/h9-10,14-19H,1-8,11-13H2,(H,34,40)(H,37,38)(H,32,35,36). The largest absolute Gasteiger partial charge is 0.370 e. The fourth-order valence-electron chi connectivity index (χ4n) is 6.18.